The van der Waals surface area contributed by atoms with E-state index in [1.165, 1.54) is 12.8 Å². The van der Waals surface area contributed by atoms with Crippen LogP contribution < -0.4 is 0 Å². The van der Waals surface area contributed by atoms with Crippen LogP contribution in [0.2, 0.25) is 0 Å². The van der Waals surface area contributed by atoms with Crippen molar-refractivity contribution in [1.82, 2.24) is 0 Å². The van der Waals surface area contributed by atoms with Gasteiger partial charge < -0.3 is 5.11 Å². The number of rotatable bonds is 0. The Morgan fingerprint density at radius 1 is 1.14 bits per heavy atom. The van der Waals surface area contributed by atoms with Gasteiger partial charge in [0, 0.05) is 0 Å². The van der Waals surface area contributed by atoms with Crippen molar-refractivity contribution in [3.05, 3.63) is 0 Å². The van der Waals surface area contributed by atoms with Gasteiger partial charge in [-0.2, -0.15) is 0 Å². The second-order valence-corrected chi connectivity index (χ2v) is 1.94. The molecular formula is C5H11NaO. The van der Waals surface area contributed by atoms with Gasteiger partial charge >= 0.3 is 29.6 Å². The van der Waals surface area contributed by atoms with Crippen LogP contribution in [0.4, 0.5) is 0 Å². The van der Waals surface area contributed by atoms with E-state index in [0.29, 0.717) is 0 Å². The van der Waals surface area contributed by atoms with Crippen LogP contribution in [0.25, 0.3) is 0 Å². The normalized spacial score (nSPS) is 21.9. The summed E-state index contributed by atoms with van der Waals surface area (Å²) in [6, 6.07) is 0. The Kier molecular flexibility index (Phi) is 4.44. The fourth-order valence-electron chi connectivity index (χ4n) is 0.904. The molecule has 1 N–H and O–H groups in total. The molecule has 0 aliphatic heterocycles. The quantitative estimate of drug-likeness (QED) is 0.444. The van der Waals surface area contributed by atoms with E-state index in [2.05, 4.69) is 0 Å². The number of hydrogen-bond acceptors (Lipinski definition) is 1. The molecule has 0 aromatic heterocycles. The molecule has 7 heavy (non-hydrogen) atoms. The Morgan fingerprint density at radius 2 is 1.57 bits per heavy atom. The molecule has 0 unspecified atom stereocenters. The van der Waals surface area contributed by atoms with Gasteiger partial charge in [-0.1, -0.05) is 12.8 Å². The summed E-state index contributed by atoms with van der Waals surface area (Å²) in [5.74, 6) is 0. The second kappa shape index (κ2) is 3.90. The summed E-state index contributed by atoms with van der Waals surface area (Å²) < 4.78 is 0. The van der Waals surface area contributed by atoms with Gasteiger partial charge in [0.05, 0.1) is 6.10 Å². The van der Waals surface area contributed by atoms with Gasteiger partial charge in [-0.15, -0.1) is 0 Å². The van der Waals surface area contributed by atoms with Crippen LogP contribution in [0.1, 0.15) is 25.7 Å². The summed E-state index contributed by atoms with van der Waals surface area (Å²) in [5.41, 5.74) is 0. The van der Waals surface area contributed by atoms with E-state index in [4.69, 9.17) is 5.11 Å². The molecule has 0 amide bonds. The van der Waals surface area contributed by atoms with Crippen LogP contribution >= 0.6 is 0 Å². The van der Waals surface area contributed by atoms with Gasteiger partial charge in [-0.3, -0.25) is 0 Å². The molecule has 0 bridgehead atoms. The van der Waals surface area contributed by atoms with Crippen molar-refractivity contribution < 1.29 is 5.11 Å². The second-order valence-electron chi connectivity index (χ2n) is 1.94. The Labute approximate surface area is 66.4 Å². The van der Waals surface area contributed by atoms with Gasteiger partial charge in [0.1, 0.15) is 0 Å². The third-order valence-electron chi connectivity index (χ3n) is 1.32. The fourth-order valence-corrected chi connectivity index (χ4v) is 0.904. The standard InChI is InChI=1S/C5H10O.Na.H/c6-5-3-1-2-4-5;;/h5-6H,1-4H2;;. The van der Waals surface area contributed by atoms with Crippen molar-refractivity contribution in [3.8, 4) is 0 Å². The van der Waals surface area contributed by atoms with Crippen molar-refractivity contribution in [2.45, 2.75) is 31.8 Å². The van der Waals surface area contributed by atoms with Gasteiger partial charge in [-0.25, -0.2) is 0 Å². The predicted molar refractivity (Wildman–Crippen MR) is 31.6 cm³/mol. The summed E-state index contributed by atoms with van der Waals surface area (Å²) in [6.07, 6.45) is 4.60. The first-order valence-corrected chi connectivity index (χ1v) is 2.57. The molecule has 1 fully saturated rings. The molecule has 1 nitrogen and oxygen atoms in total. The van der Waals surface area contributed by atoms with E-state index in [1.807, 2.05) is 0 Å². The van der Waals surface area contributed by atoms with E-state index < -0.39 is 0 Å². The van der Waals surface area contributed by atoms with Gasteiger partial charge in [0.2, 0.25) is 0 Å². The molecule has 0 atom stereocenters. The Balaban J connectivity index is 0.000000360. The van der Waals surface area contributed by atoms with Crippen LogP contribution in [-0.2, 0) is 0 Å². The van der Waals surface area contributed by atoms with Crippen LogP contribution in [0.5, 0.6) is 0 Å². The summed E-state index contributed by atoms with van der Waals surface area (Å²) in [5, 5.41) is 8.73. The topological polar surface area (TPSA) is 20.2 Å². The Bertz CT molecular complexity index is 41.3. The minimum atomic E-state index is 0. The van der Waals surface area contributed by atoms with Crippen molar-refractivity contribution in [3.63, 3.8) is 0 Å². The molecule has 0 spiro atoms. The molecule has 0 aromatic carbocycles. The van der Waals surface area contributed by atoms with Gasteiger partial charge in [0.15, 0.2) is 0 Å². The first-order chi connectivity index (χ1) is 2.89. The van der Waals surface area contributed by atoms with Crippen molar-refractivity contribution in [2.24, 2.45) is 0 Å². The zero-order valence-electron chi connectivity index (χ0n) is 3.85. The Hall–Kier alpha value is 0.960. The summed E-state index contributed by atoms with van der Waals surface area (Å²) in [6.45, 7) is 0. The molecule has 0 radical (unpaired) electrons. The van der Waals surface area contributed by atoms with Crippen LogP contribution in [0.3, 0.4) is 0 Å². The molecule has 0 saturated heterocycles. The number of aliphatic hydroxyl groups is 1. The molecule has 1 rings (SSSR count). The van der Waals surface area contributed by atoms with Crippen molar-refractivity contribution in [2.75, 3.05) is 0 Å². The van der Waals surface area contributed by atoms with Crippen LogP contribution in [0, 0.1) is 0 Å². The van der Waals surface area contributed by atoms with E-state index in [9.17, 15) is 0 Å². The third-order valence-corrected chi connectivity index (χ3v) is 1.32. The first-order valence-electron chi connectivity index (χ1n) is 2.57. The Morgan fingerprint density at radius 3 is 1.71 bits per heavy atom. The van der Waals surface area contributed by atoms with Crippen molar-refractivity contribution >= 4 is 29.6 Å². The molecule has 0 heterocycles. The van der Waals surface area contributed by atoms with Crippen LogP contribution in [-0.4, -0.2) is 40.8 Å². The van der Waals surface area contributed by atoms with E-state index >= 15 is 0 Å². The molecular weight excluding hydrogens is 99.0 g/mol. The van der Waals surface area contributed by atoms with E-state index in [1.54, 1.807) is 0 Å². The zero-order valence-corrected chi connectivity index (χ0v) is 3.85. The van der Waals surface area contributed by atoms with E-state index in [-0.39, 0.29) is 35.7 Å². The maximum atomic E-state index is 8.73. The molecule has 0 aromatic rings. The predicted octanol–water partition coefficient (Wildman–Crippen LogP) is 0.273. The summed E-state index contributed by atoms with van der Waals surface area (Å²) in [7, 11) is 0. The molecule has 1 aliphatic rings. The van der Waals surface area contributed by atoms with Crippen molar-refractivity contribution in [1.29, 1.82) is 0 Å². The van der Waals surface area contributed by atoms with E-state index in [0.717, 1.165) is 12.8 Å². The SMILES string of the molecule is OC1CCCC1.[NaH]. The molecule has 1 aliphatic carbocycles. The van der Waals surface area contributed by atoms with Gasteiger partial charge in [-0.05, 0) is 12.8 Å². The molecule has 1 saturated carbocycles. The van der Waals surface area contributed by atoms with Gasteiger partial charge in [0.25, 0.3) is 0 Å². The molecule has 38 valence electrons. The summed E-state index contributed by atoms with van der Waals surface area (Å²) >= 11 is 0. The average molecular weight is 110 g/mol. The van der Waals surface area contributed by atoms with Crippen LogP contribution in [0.15, 0.2) is 0 Å². The number of aliphatic hydroxyl groups excluding tert-OH is 1. The third kappa shape index (κ3) is 2.70. The monoisotopic (exact) mass is 110 g/mol. The number of hydrogen-bond donors (Lipinski definition) is 1. The molecule has 2 heteroatoms. The minimum absolute atomic E-state index is 0. The average Bonchev–Trinajstić information content (AvgIpc) is 1.86. The summed E-state index contributed by atoms with van der Waals surface area (Å²) in [4.78, 5) is 0. The maximum absolute atomic E-state index is 8.73. The first kappa shape index (κ1) is 7.96. The fraction of sp³-hybridized carbons (Fsp3) is 1.00. The zero-order chi connectivity index (χ0) is 4.41.